The molecule has 5 heteroatoms. The zero-order chi connectivity index (χ0) is 13.4. The van der Waals surface area contributed by atoms with Crippen molar-refractivity contribution in [1.82, 2.24) is 5.32 Å². The van der Waals surface area contributed by atoms with Gasteiger partial charge in [0.1, 0.15) is 11.5 Å². The summed E-state index contributed by atoms with van der Waals surface area (Å²) in [6.07, 6.45) is 0.963. The zero-order valence-corrected chi connectivity index (χ0v) is 10.6. The van der Waals surface area contributed by atoms with E-state index in [2.05, 4.69) is 5.32 Å². The molecule has 0 radical (unpaired) electrons. The molecule has 0 saturated heterocycles. The second-order valence-electron chi connectivity index (χ2n) is 3.57. The second kappa shape index (κ2) is 7.32. The maximum atomic E-state index is 11.2. The lowest BCUT2D eigenvalue weighted by atomic mass is 10.2. The molecule has 1 rings (SSSR count). The number of amides is 1. The number of rotatable bonds is 7. The lowest BCUT2D eigenvalue weighted by Crippen LogP contribution is -2.24. The Morgan fingerprint density at radius 1 is 1.44 bits per heavy atom. The van der Waals surface area contributed by atoms with Crippen LogP contribution in [0.3, 0.4) is 0 Å². The molecule has 1 N–H and O–H groups in total. The van der Waals surface area contributed by atoms with Crippen LogP contribution in [0.2, 0.25) is 0 Å². The first-order valence-corrected chi connectivity index (χ1v) is 5.74. The molecule has 0 spiro atoms. The summed E-state index contributed by atoms with van der Waals surface area (Å²) >= 11 is 0. The number of hydrogen-bond donors (Lipinski definition) is 1. The highest BCUT2D eigenvalue weighted by Gasteiger charge is 2.06. The van der Waals surface area contributed by atoms with Gasteiger partial charge in [0.2, 0.25) is 5.91 Å². The molecule has 0 heterocycles. The van der Waals surface area contributed by atoms with E-state index in [4.69, 9.17) is 9.47 Å². The van der Waals surface area contributed by atoms with Gasteiger partial charge >= 0.3 is 0 Å². The predicted octanol–water partition coefficient (Wildman–Crippen LogP) is 1.41. The topological polar surface area (TPSA) is 64.6 Å². The molecule has 1 aromatic carbocycles. The minimum Gasteiger partial charge on any atom is -0.497 e. The average Bonchev–Trinajstić information content (AvgIpc) is 2.39. The molecule has 1 amide bonds. The van der Waals surface area contributed by atoms with Crippen molar-refractivity contribution >= 4 is 12.2 Å². The fraction of sp³-hybridized carbons (Fsp3) is 0.385. The standard InChI is InChI=1S/C13H17NO4/c1-3-14-13(16)6-7-18-12-8-11(17-2)5-4-10(12)9-15/h4-5,8-9H,3,6-7H2,1-2H3,(H,14,16). The molecular formula is C13H17NO4. The Kier molecular flexibility index (Phi) is 5.70. The zero-order valence-electron chi connectivity index (χ0n) is 10.6. The summed E-state index contributed by atoms with van der Waals surface area (Å²) in [5.41, 5.74) is 0.437. The van der Waals surface area contributed by atoms with Crippen LogP contribution in [0.1, 0.15) is 23.7 Å². The lowest BCUT2D eigenvalue weighted by molar-refractivity contribution is -0.121. The first-order chi connectivity index (χ1) is 8.71. The van der Waals surface area contributed by atoms with E-state index in [9.17, 15) is 9.59 Å². The molecule has 0 bridgehead atoms. The normalized spacial score (nSPS) is 9.67. The monoisotopic (exact) mass is 251 g/mol. The average molecular weight is 251 g/mol. The highest BCUT2D eigenvalue weighted by Crippen LogP contribution is 2.23. The summed E-state index contributed by atoms with van der Waals surface area (Å²) in [6, 6.07) is 4.93. The van der Waals surface area contributed by atoms with Gasteiger partial charge in [-0.3, -0.25) is 9.59 Å². The van der Waals surface area contributed by atoms with Gasteiger partial charge in [0.25, 0.3) is 0 Å². The summed E-state index contributed by atoms with van der Waals surface area (Å²) in [6.45, 7) is 2.67. The third-order valence-electron chi connectivity index (χ3n) is 2.31. The van der Waals surface area contributed by atoms with Crippen LogP contribution in [0.5, 0.6) is 11.5 Å². The van der Waals surface area contributed by atoms with E-state index < -0.39 is 0 Å². The number of carbonyl (C=O) groups is 2. The third-order valence-corrected chi connectivity index (χ3v) is 2.31. The van der Waals surface area contributed by atoms with Crippen LogP contribution in [-0.2, 0) is 4.79 Å². The van der Waals surface area contributed by atoms with Crippen LogP contribution in [0.25, 0.3) is 0 Å². The van der Waals surface area contributed by atoms with Crippen molar-refractivity contribution in [3.63, 3.8) is 0 Å². The summed E-state index contributed by atoms with van der Waals surface area (Å²) in [5, 5.41) is 2.67. The van der Waals surface area contributed by atoms with Gasteiger partial charge in [-0.1, -0.05) is 0 Å². The molecule has 18 heavy (non-hydrogen) atoms. The van der Waals surface area contributed by atoms with Gasteiger partial charge in [0, 0.05) is 12.6 Å². The van der Waals surface area contributed by atoms with Gasteiger partial charge in [-0.25, -0.2) is 0 Å². The molecule has 0 aliphatic carbocycles. The van der Waals surface area contributed by atoms with Crippen molar-refractivity contribution in [2.24, 2.45) is 0 Å². The van der Waals surface area contributed by atoms with Gasteiger partial charge in [-0.15, -0.1) is 0 Å². The van der Waals surface area contributed by atoms with E-state index in [1.54, 1.807) is 18.2 Å². The Balaban J connectivity index is 2.59. The lowest BCUT2D eigenvalue weighted by Gasteiger charge is -2.09. The van der Waals surface area contributed by atoms with Crippen LogP contribution in [0.15, 0.2) is 18.2 Å². The smallest absolute Gasteiger partial charge is 0.223 e. The molecule has 0 aliphatic heterocycles. The van der Waals surface area contributed by atoms with Crippen molar-refractivity contribution < 1.29 is 19.1 Å². The minimum absolute atomic E-state index is 0.0759. The molecule has 98 valence electrons. The van der Waals surface area contributed by atoms with Crippen LogP contribution in [0.4, 0.5) is 0 Å². The number of nitrogens with one attached hydrogen (secondary N) is 1. The summed E-state index contributed by atoms with van der Waals surface area (Å²) in [7, 11) is 1.54. The number of benzene rings is 1. The number of hydrogen-bond acceptors (Lipinski definition) is 4. The summed E-state index contributed by atoms with van der Waals surface area (Å²) in [4.78, 5) is 22.1. The van der Waals surface area contributed by atoms with Crippen molar-refractivity contribution in [2.45, 2.75) is 13.3 Å². The first kappa shape index (κ1) is 14.0. The number of carbonyl (C=O) groups excluding carboxylic acids is 2. The number of aldehydes is 1. The van der Waals surface area contributed by atoms with Crippen LogP contribution in [-0.4, -0.2) is 32.5 Å². The van der Waals surface area contributed by atoms with Gasteiger partial charge in [0.15, 0.2) is 6.29 Å². The molecule has 5 nitrogen and oxygen atoms in total. The van der Waals surface area contributed by atoms with E-state index in [0.29, 0.717) is 29.9 Å². The molecule has 0 saturated carbocycles. The maximum absolute atomic E-state index is 11.2. The molecule has 0 atom stereocenters. The number of ether oxygens (including phenoxy) is 2. The van der Waals surface area contributed by atoms with Gasteiger partial charge < -0.3 is 14.8 Å². The van der Waals surface area contributed by atoms with Gasteiger partial charge in [0.05, 0.1) is 25.7 Å². The molecule has 0 aromatic heterocycles. The Hall–Kier alpha value is -2.04. The third kappa shape index (κ3) is 4.08. The highest BCUT2D eigenvalue weighted by molar-refractivity contribution is 5.80. The Morgan fingerprint density at radius 3 is 2.83 bits per heavy atom. The van der Waals surface area contributed by atoms with Gasteiger partial charge in [-0.05, 0) is 19.1 Å². The quantitative estimate of drug-likeness (QED) is 0.744. The molecule has 0 unspecified atom stereocenters. The van der Waals surface area contributed by atoms with E-state index in [1.165, 1.54) is 7.11 Å². The highest BCUT2D eigenvalue weighted by atomic mass is 16.5. The van der Waals surface area contributed by atoms with Crippen LogP contribution < -0.4 is 14.8 Å². The Bertz CT molecular complexity index is 417. The van der Waals surface area contributed by atoms with Crippen LogP contribution >= 0.6 is 0 Å². The molecule has 0 aliphatic rings. The van der Waals surface area contributed by atoms with E-state index in [-0.39, 0.29) is 18.9 Å². The van der Waals surface area contributed by atoms with Crippen molar-refractivity contribution in [3.8, 4) is 11.5 Å². The van der Waals surface area contributed by atoms with Crippen LogP contribution in [0, 0.1) is 0 Å². The molecular weight excluding hydrogens is 234 g/mol. The van der Waals surface area contributed by atoms with Crippen molar-refractivity contribution in [3.05, 3.63) is 23.8 Å². The van der Waals surface area contributed by atoms with Crippen molar-refractivity contribution in [2.75, 3.05) is 20.3 Å². The molecule has 1 aromatic rings. The molecule has 0 fully saturated rings. The first-order valence-electron chi connectivity index (χ1n) is 5.74. The summed E-state index contributed by atoms with van der Waals surface area (Å²) < 4.78 is 10.5. The van der Waals surface area contributed by atoms with Crippen molar-refractivity contribution in [1.29, 1.82) is 0 Å². The SMILES string of the molecule is CCNC(=O)CCOc1cc(OC)ccc1C=O. The summed E-state index contributed by atoms with van der Waals surface area (Å²) in [5.74, 6) is 0.954. The maximum Gasteiger partial charge on any atom is 0.223 e. The largest absolute Gasteiger partial charge is 0.497 e. The Morgan fingerprint density at radius 2 is 2.22 bits per heavy atom. The Labute approximate surface area is 106 Å². The van der Waals surface area contributed by atoms with E-state index in [0.717, 1.165) is 0 Å². The predicted molar refractivity (Wildman–Crippen MR) is 67.2 cm³/mol. The van der Waals surface area contributed by atoms with E-state index in [1.807, 2.05) is 6.92 Å². The van der Waals surface area contributed by atoms with E-state index >= 15 is 0 Å². The second-order valence-corrected chi connectivity index (χ2v) is 3.57. The fourth-order valence-electron chi connectivity index (χ4n) is 1.40. The van der Waals surface area contributed by atoms with Gasteiger partial charge in [-0.2, -0.15) is 0 Å². The minimum atomic E-state index is -0.0759. The fourth-order valence-corrected chi connectivity index (χ4v) is 1.40. The number of methoxy groups -OCH3 is 1.